The number of hydrogen-bond acceptors (Lipinski definition) is 6. The van der Waals surface area contributed by atoms with Crippen molar-refractivity contribution in [3.63, 3.8) is 0 Å². The normalized spacial score (nSPS) is 10.7. The molecule has 3 aromatic rings. The molecule has 0 N–H and O–H groups in total. The Hall–Kier alpha value is -3.26. The molecule has 0 amide bonds. The zero-order valence-electron chi connectivity index (χ0n) is 15.9. The largest absolute Gasteiger partial charge is 0.470 e. The summed E-state index contributed by atoms with van der Waals surface area (Å²) >= 11 is 6.19. The smallest absolute Gasteiger partial charge is 0.337 e. The lowest BCUT2D eigenvalue weighted by Gasteiger charge is -2.15. The lowest BCUT2D eigenvalue weighted by Crippen LogP contribution is -2.24. The standard InChI is InChI=1S/C20H17ClFN3O4/c1-11-7-8-13(20(27)28-3)9-15(11)25-12(2)23-18(17(21)19(25)26)29-10-14-5-4-6-16(22)24-14/h4-9H,10H2,1-3H3. The number of methoxy groups -OCH3 is 1. The van der Waals surface area contributed by atoms with Crippen molar-refractivity contribution in [2.24, 2.45) is 0 Å². The maximum absolute atomic E-state index is 13.2. The summed E-state index contributed by atoms with van der Waals surface area (Å²) in [5.41, 5.74) is 1.23. The average molecular weight is 418 g/mol. The van der Waals surface area contributed by atoms with Crippen LogP contribution in [0.3, 0.4) is 0 Å². The quantitative estimate of drug-likeness (QED) is 0.467. The summed E-state index contributed by atoms with van der Waals surface area (Å²) in [7, 11) is 1.28. The van der Waals surface area contributed by atoms with Crippen LogP contribution in [0.15, 0.2) is 41.2 Å². The molecular weight excluding hydrogens is 401 g/mol. The molecule has 3 rings (SSSR count). The van der Waals surface area contributed by atoms with Gasteiger partial charge in [-0.15, -0.1) is 0 Å². The van der Waals surface area contributed by atoms with Gasteiger partial charge in [0.15, 0.2) is 5.02 Å². The number of esters is 1. The highest BCUT2D eigenvalue weighted by Crippen LogP contribution is 2.23. The minimum Gasteiger partial charge on any atom is -0.470 e. The number of aromatic nitrogens is 3. The zero-order valence-corrected chi connectivity index (χ0v) is 16.7. The van der Waals surface area contributed by atoms with Gasteiger partial charge < -0.3 is 9.47 Å². The maximum atomic E-state index is 13.2. The Labute approximate surface area is 170 Å². The fourth-order valence-corrected chi connectivity index (χ4v) is 2.91. The van der Waals surface area contributed by atoms with E-state index in [1.807, 2.05) is 0 Å². The van der Waals surface area contributed by atoms with E-state index in [1.54, 1.807) is 32.0 Å². The van der Waals surface area contributed by atoms with Gasteiger partial charge in [-0.25, -0.2) is 9.78 Å². The molecule has 0 spiro atoms. The number of aryl methyl sites for hydroxylation is 2. The molecule has 0 radical (unpaired) electrons. The van der Waals surface area contributed by atoms with Crippen LogP contribution in [0.1, 0.15) is 27.4 Å². The summed E-state index contributed by atoms with van der Waals surface area (Å²) in [4.78, 5) is 32.7. The van der Waals surface area contributed by atoms with Crippen LogP contribution < -0.4 is 10.3 Å². The third kappa shape index (κ3) is 4.27. The summed E-state index contributed by atoms with van der Waals surface area (Å²) in [6.07, 6.45) is 0. The third-order valence-electron chi connectivity index (χ3n) is 4.17. The van der Waals surface area contributed by atoms with E-state index < -0.39 is 17.5 Å². The minimum atomic E-state index is -0.641. The van der Waals surface area contributed by atoms with Crippen molar-refractivity contribution in [3.8, 4) is 11.6 Å². The second-order valence-corrected chi connectivity index (χ2v) is 6.53. The Balaban J connectivity index is 2.00. The van der Waals surface area contributed by atoms with Gasteiger partial charge in [0, 0.05) is 0 Å². The molecule has 0 saturated carbocycles. The van der Waals surface area contributed by atoms with Crippen LogP contribution in [-0.4, -0.2) is 27.6 Å². The first-order valence-corrected chi connectivity index (χ1v) is 8.92. The summed E-state index contributed by atoms with van der Waals surface area (Å²) in [6, 6.07) is 9.11. The molecule has 1 aromatic carbocycles. The van der Waals surface area contributed by atoms with E-state index in [0.717, 1.165) is 5.56 Å². The third-order valence-corrected chi connectivity index (χ3v) is 4.49. The Kier molecular flexibility index (Phi) is 5.93. The molecule has 0 aliphatic rings. The first kappa shape index (κ1) is 20.5. The van der Waals surface area contributed by atoms with Crippen molar-refractivity contribution >= 4 is 17.6 Å². The molecule has 2 heterocycles. The number of ether oxygens (including phenoxy) is 2. The Morgan fingerprint density at radius 3 is 2.66 bits per heavy atom. The van der Waals surface area contributed by atoms with E-state index >= 15 is 0 Å². The van der Waals surface area contributed by atoms with Gasteiger partial charge in [-0.3, -0.25) is 9.36 Å². The highest BCUT2D eigenvalue weighted by molar-refractivity contribution is 6.31. The van der Waals surface area contributed by atoms with Crippen molar-refractivity contribution in [1.82, 2.24) is 14.5 Å². The van der Waals surface area contributed by atoms with Gasteiger partial charge in [0.1, 0.15) is 12.4 Å². The molecule has 150 valence electrons. The SMILES string of the molecule is COC(=O)c1ccc(C)c(-n2c(C)nc(OCc3cccc(F)n3)c(Cl)c2=O)c1. The number of nitrogens with zero attached hydrogens (tertiary/aromatic N) is 3. The zero-order chi connectivity index (χ0) is 21.1. The summed E-state index contributed by atoms with van der Waals surface area (Å²) < 4.78 is 24.7. The first-order chi connectivity index (χ1) is 13.8. The number of carbonyl (C=O) groups is 1. The topological polar surface area (TPSA) is 83.3 Å². The van der Waals surface area contributed by atoms with Crippen LogP contribution in [0.25, 0.3) is 5.69 Å². The van der Waals surface area contributed by atoms with E-state index in [2.05, 4.69) is 9.97 Å². The lowest BCUT2D eigenvalue weighted by molar-refractivity contribution is 0.0600. The average Bonchev–Trinajstić information content (AvgIpc) is 2.70. The van der Waals surface area contributed by atoms with Crippen molar-refractivity contribution in [1.29, 1.82) is 0 Å². The number of hydrogen-bond donors (Lipinski definition) is 0. The van der Waals surface area contributed by atoms with E-state index in [4.69, 9.17) is 21.1 Å². The predicted octanol–water partition coefficient (Wildman–Crippen LogP) is 3.40. The molecular formula is C20H17ClFN3O4. The van der Waals surface area contributed by atoms with Crippen LogP contribution in [0.5, 0.6) is 5.88 Å². The minimum absolute atomic E-state index is 0.0850. The second-order valence-electron chi connectivity index (χ2n) is 6.15. The fourth-order valence-electron chi connectivity index (χ4n) is 2.73. The van der Waals surface area contributed by atoms with Crippen molar-refractivity contribution < 1.29 is 18.7 Å². The van der Waals surface area contributed by atoms with Gasteiger partial charge in [0.25, 0.3) is 5.56 Å². The van der Waals surface area contributed by atoms with Gasteiger partial charge in [0.2, 0.25) is 11.8 Å². The number of carbonyl (C=O) groups excluding carboxylic acids is 1. The number of rotatable bonds is 5. The van der Waals surface area contributed by atoms with Crippen LogP contribution in [-0.2, 0) is 11.3 Å². The lowest BCUT2D eigenvalue weighted by atomic mass is 10.1. The number of halogens is 2. The molecule has 0 atom stereocenters. The molecule has 0 fully saturated rings. The molecule has 0 aliphatic carbocycles. The summed E-state index contributed by atoms with van der Waals surface area (Å²) in [5, 5.41) is -0.241. The fraction of sp³-hybridized carbons (Fsp3) is 0.200. The van der Waals surface area contributed by atoms with Crippen LogP contribution in [0, 0.1) is 19.8 Å². The highest BCUT2D eigenvalue weighted by atomic mass is 35.5. The molecule has 29 heavy (non-hydrogen) atoms. The van der Waals surface area contributed by atoms with Crippen molar-refractivity contribution in [3.05, 3.63) is 80.4 Å². The van der Waals surface area contributed by atoms with Gasteiger partial charge in [-0.2, -0.15) is 9.37 Å². The van der Waals surface area contributed by atoms with Crippen molar-refractivity contribution in [2.75, 3.05) is 7.11 Å². The molecule has 7 nitrogen and oxygen atoms in total. The Bertz CT molecular complexity index is 1150. The monoisotopic (exact) mass is 417 g/mol. The van der Waals surface area contributed by atoms with Crippen LogP contribution in [0.2, 0.25) is 5.02 Å². The summed E-state index contributed by atoms with van der Waals surface area (Å²) in [5.74, 6) is -0.957. The highest BCUT2D eigenvalue weighted by Gasteiger charge is 2.18. The van der Waals surface area contributed by atoms with Crippen LogP contribution >= 0.6 is 11.6 Å². The molecule has 0 saturated heterocycles. The second kappa shape index (κ2) is 8.40. The summed E-state index contributed by atoms with van der Waals surface area (Å²) in [6.45, 7) is 3.29. The maximum Gasteiger partial charge on any atom is 0.337 e. The predicted molar refractivity (Wildman–Crippen MR) is 104 cm³/mol. The van der Waals surface area contributed by atoms with Crippen molar-refractivity contribution in [2.45, 2.75) is 20.5 Å². The molecule has 0 aliphatic heterocycles. The van der Waals surface area contributed by atoms with E-state index in [-0.39, 0.29) is 23.1 Å². The van der Waals surface area contributed by atoms with Gasteiger partial charge in [-0.05, 0) is 43.7 Å². The molecule has 2 aromatic heterocycles. The Morgan fingerprint density at radius 1 is 1.21 bits per heavy atom. The molecule has 9 heteroatoms. The van der Waals surface area contributed by atoms with E-state index in [9.17, 15) is 14.0 Å². The van der Waals surface area contributed by atoms with Crippen LogP contribution in [0.4, 0.5) is 4.39 Å². The van der Waals surface area contributed by atoms with Gasteiger partial charge >= 0.3 is 5.97 Å². The first-order valence-electron chi connectivity index (χ1n) is 8.54. The van der Waals surface area contributed by atoms with E-state index in [0.29, 0.717) is 17.2 Å². The number of benzene rings is 1. The molecule has 0 unspecified atom stereocenters. The Morgan fingerprint density at radius 2 is 1.97 bits per heavy atom. The molecule has 0 bridgehead atoms. The van der Waals surface area contributed by atoms with Gasteiger partial charge in [0.05, 0.1) is 24.1 Å². The van der Waals surface area contributed by atoms with E-state index in [1.165, 1.54) is 29.9 Å². The number of pyridine rings is 1. The van der Waals surface area contributed by atoms with Gasteiger partial charge in [-0.1, -0.05) is 23.7 Å².